The number of rotatable bonds is 2. The molecule has 18 heavy (non-hydrogen) atoms. The number of nitrogens with zero attached hydrogens (tertiary/aromatic N) is 4. The summed E-state index contributed by atoms with van der Waals surface area (Å²) in [7, 11) is 0. The molecule has 0 fully saturated rings. The van der Waals surface area contributed by atoms with Crippen molar-refractivity contribution in [1.29, 1.82) is 0 Å². The lowest BCUT2D eigenvalue weighted by Gasteiger charge is -2.23. The number of fused-ring (bicyclic) bond motifs is 1. The van der Waals surface area contributed by atoms with Gasteiger partial charge in [-0.15, -0.1) is 10.2 Å². The Bertz CT molecular complexity index is 672. The Hall–Kier alpha value is -2.27. The molecule has 90 valence electrons. The highest BCUT2D eigenvalue weighted by atomic mass is 15.3. The van der Waals surface area contributed by atoms with Gasteiger partial charge in [0.05, 0.1) is 11.7 Å². The molecule has 1 atom stereocenters. The second-order valence-corrected chi connectivity index (χ2v) is 4.40. The molecule has 1 unspecified atom stereocenters. The fourth-order valence-electron chi connectivity index (χ4n) is 2.02. The van der Waals surface area contributed by atoms with Crippen LogP contribution in [0.25, 0.3) is 5.65 Å². The van der Waals surface area contributed by atoms with Crippen LogP contribution in [0, 0.1) is 0 Å². The second kappa shape index (κ2) is 3.89. The zero-order valence-electron chi connectivity index (χ0n) is 9.99. The SMILES string of the molecule is CC(N)(c1ccccc1)c1nnc2cnccn12. The molecule has 0 amide bonds. The summed E-state index contributed by atoms with van der Waals surface area (Å²) in [6.07, 6.45) is 5.18. The number of aromatic nitrogens is 4. The minimum atomic E-state index is -0.692. The van der Waals surface area contributed by atoms with E-state index in [1.54, 1.807) is 12.4 Å². The van der Waals surface area contributed by atoms with Crippen molar-refractivity contribution in [2.75, 3.05) is 0 Å². The Labute approximate surface area is 104 Å². The molecule has 0 spiro atoms. The number of hydrogen-bond acceptors (Lipinski definition) is 4. The Morgan fingerprint density at radius 1 is 1.17 bits per heavy atom. The Morgan fingerprint density at radius 2 is 1.94 bits per heavy atom. The molecule has 0 aliphatic heterocycles. The highest BCUT2D eigenvalue weighted by Gasteiger charge is 2.29. The van der Waals surface area contributed by atoms with Crippen LogP contribution in [0.3, 0.4) is 0 Å². The average Bonchev–Trinajstić information content (AvgIpc) is 2.84. The van der Waals surface area contributed by atoms with Gasteiger partial charge in [-0.1, -0.05) is 30.3 Å². The summed E-state index contributed by atoms with van der Waals surface area (Å²) in [5, 5.41) is 8.27. The topological polar surface area (TPSA) is 69.1 Å². The molecule has 5 nitrogen and oxygen atoms in total. The monoisotopic (exact) mass is 239 g/mol. The largest absolute Gasteiger partial charge is 0.315 e. The van der Waals surface area contributed by atoms with Crippen LogP contribution in [0.5, 0.6) is 0 Å². The Balaban J connectivity index is 2.20. The molecule has 3 rings (SSSR count). The fourth-order valence-corrected chi connectivity index (χ4v) is 2.02. The van der Waals surface area contributed by atoms with Gasteiger partial charge in [-0.05, 0) is 12.5 Å². The minimum Gasteiger partial charge on any atom is -0.315 e. The predicted octanol–water partition coefficient (Wildman–Crippen LogP) is 1.35. The number of hydrogen-bond donors (Lipinski definition) is 1. The van der Waals surface area contributed by atoms with Gasteiger partial charge in [0.15, 0.2) is 11.5 Å². The lowest BCUT2D eigenvalue weighted by atomic mass is 9.92. The van der Waals surface area contributed by atoms with Crippen LogP contribution in [0.15, 0.2) is 48.9 Å². The Morgan fingerprint density at radius 3 is 2.72 bits per heavy atom. The van der Waals surface area contributed by atoms with E-state index in [4.69, 9.17) is 5.73 Å². The summed E-state index contributed by atoms with van der Waals surface area (Å²) in [6.45, 7) is 1.93. The molecule has 1 aromatic carbocycles. The zero-order chi connectivity index (χ0) is 12.6. The van der Waals surface area contributed by atoms with E-state index in [9.17, 15) is 0 Å². The van der Waals surface area contributed by atoms with E-state index in [0.717, 1.165) is 5.56 Å². The molecule has 5 heteroatoms. The predicted molar refractivity (Wildman–Crippen MR) is 67.9 cm³/mol. The molecule has 0 bridgehead atoms. The van der Waals surface area contributed by atoms with E-state index in [-0.39, 0.29) is 0 Å². The Kier molecular flexibility index (Phi) is 2.34. The fraction of sp³-hybridized carbons (Fsp3) is 0.154. The van der Waals surface area contributed by atoms with Crippen molar-refractivity contribution >= 4 is 5.65 Å². The van der Waals surface area contributed by atoms with E-state index in [0.29, 0.717) is 11.5 Å². The lowest BCUT2D eigenvalue weighted by Crippen LogP contribution is -2.36. The quantitative estimate of drug-likeness (QED) is 0.732. The van der Waals surface area contributed by atoms with Gasteiger partial charge in [0.2, 0.25) is 0 Å². The summed E-state index contributed by atoms with van der Waals surface area (Å²) in [4.78, 5) is 4.02. The van der Waals surface area contributed by atoms with Crippen LogP contribution in [-0.4, -0.2) is 19.6 Å². The van der Waals surface area contributed by atoms with Gasteiger partial charge < -0.3 is 5.73 Å². The number of nitrogens with two attached hydrogens (primary N) is 1. The van der Waals surface area contributed by atoms with E-state index in [2.05, 4.69) is 15.2 Å². The van der Waals surface area contributed by atoms with Crippen molar-refractivity contribution in [1.82, 2.24) is 19.6 Å². The van der Waals surface area contributed by atoms with Gasteiger partial charge in [-0.2, -0.15) is 0 Å². The van der Waals surface area contributed by atoms with Crippen LogP contribution >= 0.6 is 0 Å². The van der Waals surface area contributed by atoms with Crippen molar-refractivity contribution in [3.8, 4) is 0 Å². The molecule has 2 N–H and O–H groups in total. The molecular formula is C13H13N5. The van der Waals surface area contributed by atoms with Crippen LogP contribution in [0.1, 0.15) is 18.3 Å². The van der Waals surface area contributed by atoms with E-state index >= 15 is 0 Å². The summed E-state index contributed by atoms with van der Waals surface area (Å²) in [6, 6.07) is 9.87. The second-order valence-electron chi connectivity index (χ2n) is 4.40. The van der Waals surface area contributed by atoms with Crippen LogP contribution in [-0.2, 0) is 5.54 Å². The highest BCUT2D eigenvalue weighted by Crippen LogP contribution is 2.24. The summed E-state index contributed by atoms with van der Waals surface area (Å²) < 4.78 is 1.86. The smallest absolute Gasteiger partial charge is 0.179 e. The molecule has 2 heterocycles. The van der Waals surface area contributed by atoms with E-state index < -0.39 is 5.54 Å². The molecule has 0 aliphatic rings. The van der Waals surface area contributed by atoms with Crippen molar-refractivity contribution in [3.05, 3.63) is 60.3 Å². The molecular weight excluding hydrogens is 226 g/mol. The molecule has 0 radical (unpaired) electrons. The normalized spacial score (nSPS) is 14.6. The number of benzene rings is 1. The molecule has 2 aromatic heterocycles. The van der Waals surface area contributed by atoms with Crippen LogP contribution < -0.4 is 5.73 Å². The van der Waals surface area contributed by atoms with E-state index in [1.165, 1.54) is 0 Å². The van der Waals surface area contributed by atoms with Gasteiger partial charge in [-0.25, -0.2) is 0 Å². The molecule has 0 saturated heterocycles. The minimum absolute atomic E-state index is 0.692. The summed E-state index contributed by atoms with van der Waals surface area (Å²) in [5.74, 6) is 0.700. The van der Waals surface area contributed by atoms with E-state index in [1.807, 2.05) is 47.9 Å². The third-order valence-electron chi connectivity index (χ3n) is 3.05. The third kappa shape index (κ3) is 1.56. The first kappa shape index (κ1) is 10.9. The third-order valence-corrected chi connectivity index (χ3v) is 3.05. The maximum atomic E-state index is 6.43. The first-order valence-corrected chi connectivity index (χ1v) is 5.69. The van der Waals surface area contributed by atoms with Gasteiger partial charge >= 0.3 is 0 Å². The first-order valence-electron chi connectivity index (χ1n) is 5.69. The molecule has 3 aromatic rings. The van der Waals surface area contributed by atoms with Gasteiger partial charge in [0.25, 0.3) is 0 Å². The highest BCUT2D eigenvalue weighted by molar-refractivity contribution is 5.39. The zero-order valence-corrected chi connectivity index (χ0v) is 9.99. The van der Waals surface area contributed by atoms with Gasteiger partial charge in [0, 0.05) is 12.4 Å². The maximum Gasteiger partial charge on any atom is 0.179 e. The van der Waals surface area contributed by atoms with Crippen molar-refractivity contribution in [3.63, 3.8) is 0 Å². The van der Waals surface area contributed by atoms with Gasteiger partial charge in [0.1, 0.15) is 0 Å². The molecule has 0 aliphatic carbocycles. The average molecular weight is 239 g/mol. The van der Waals surface area contributed by atoms with Crippen molar-refractivity contribution < 1.29 is 0 Å². The van der Waals surface area contributed by atoms with Gasteiger partial charge in [-0.3, -0.25) is 9.38 Å². The first-order chi connectivity index (χ1) is 8.69. The van der Waals surface area contributed by atoms with Crippen LogP contribution in [0.4, 0.5) is 0 Å². The maximum absolute atomic E-state index is 6.43. The lowest BCUT2D eigenvalue weighted by molar-refractivity contribution is 0.551. The standard InChI is InChI=1S/C13H13N5/c1-13(14,10-5-3-2-4-6-10)12-17-16-11-9-15-7-8-18(11)12/h2-9H,14H2,1H3. The van der Waals surface area contributed by atoms with Crippen LogP contribution in [0.2, 0.25) is 0 Å². The molecule has 0 saturated carbocycles. The summed E-state index contributed by atoms with van der Waals surface area (Å²) in [5.41, 5.74) is 7.42. The summed E-state index contributed by atoms with van der Waals surface area (Å²) >= 11 is 0. The van der Waals surface area contributed by atoms with Crippen molar-refractivity contribution in [2.24, 2.45) is 5.73 Å². The van der Waals surface area contributed by atoms with Crippen molar-refractivity contribution in [2.45, 2.75) is 12.5 Å².